The first-order valence-corrected chi connectivity index (χ1v) is 15.2. The second-order valence-electron chi connectivity index (χ2n) is 12.0. The minimum absolute atomic E-state index is 0.0988. The molecule has 3 fully saturated rings. The number of carbonyl (C=O) groups excluding carboxylic acids is 1. The number of nitrogens with zero attached hydrogens (tertiary/aromatic N) is 7. The molecule has 42 heavy (non-hydrogen) atoms. The molecule has 0 unspecified atom stereocenters. The summed E-state index contributed by atoms with van der Waals surface area (Å²) in [6.45, 7) is 5.73. The normalized spacial score (nSPS) is 24.0. The summed E-state index contributed by atoms with van der Waals surface area (Å²) in [4.78, 5) is 31.9. The maximum Gasteiger partial charge on any atom is 0.318 e. The van der Waals surface area contributed by atoms with Crippen molar-refractivity contribution in [3.63, 3.8) is 0 Å². The molecule has 10 heteroatoms. The van der Waals surface area contributed by atoms with Crippen molar-refractivity contribution in [1.82, 2.24) is 25.1 Å². The number of hydrogen-bond donors (Lipinski definition) is 1. The molecule has 0 spiro atoms. The Morgan fingerprint density at radius 2 is 1.93 bits per heavy atom. The van der Waals surface area contributed by atoms with Crippen LogP contribution in [0.15, 0.2) is 42.5 Å². The van der Waals surface area contributed by atoms with Gasteiger partial charge in [-0.15, -0.1) is 0 Å². The van der Waals surface area contributed by atoms with E-state index in [2.05, 4.69) is 75.6 Å². The van der Waals surface area contributed by atoms with E-state index in [4.69, 9.17) is 14.7 Å². The Bertz CT molecular complexity index is 1510. The predicted molar refractivity (Wildman–Crippen MR) is 162 cm³/mol. The lowest BCUT2D eigenvalue weighted by Gasteiger charge is -2.42. The third-order valence-corrected chi connectivity index (χ3v) is 9.31. The molecular weight excluding hydrogens is 528 g/mol. The first-order valence-electron chi connectivity index (χ1n) is 15.2. The number of carbonyl (C=O) groups is 1. The van der Waals surface area contributed by atoms with Crippen LogP contribution in [-0.2, 0) is 17.8 Å². The lowest BCUT2D eigenvalue weighted by molar-refractivity contribution is -0.133. The summed E-state index contributed by atoms with van der Waals surface area (Å²) in [5, 5.41) is 15.2. The number of amides is 1. The van der Waals surface area contributed by atoms with Gasteiger partial charge in [0.1, 0.15) is 12.4 Å². The zero-order valence-electron chi connectivity index (χ0n) is 24.2. The molecule has 3 aromatic rings. The number of hydrogen-bond acceptors (Lipinski definition) is 9. The number of benzene rings is 2. The summed E-state index contributed by atoms with van der Waals surface area (Å²) in [7, 11) is 2.15. The fourth-order valence-electron chi connectivity index (χ4n) is 6.82. The lowest BCUT2D eigenvalue weighted by atomic mass is 10.0. The third kappa shape index (κ3) is 5.23. The highest BCUT2D eigenvalue weighted by atomic mass is 16.5. The predicted octanol–water partition coefficient (Wildman–Crippen LogP) is 2.57. The molecule has 0 aliphatic carbocycles. The average molecular weight is 567 g/mol. The minimum atomic E-state index is -0.170. The van der Waals surface area contributed by atoms with Gasteiger partial charge in [0.2, 0.25) is 5.91 Å². The summed E-state index contributed by atoms with van der Waals surface area (Å²) in [6, 6.07) is 17.8. The summed E-state index contributed by atoms with van der Waals surface area (Å²) < 4.78 is 6.31. The molecule has 218 valence electrons. The van der Waals surface area contributed by atoms with Crippen molar-refractivity contribution in [2.75, 3.05) is 62.7 Å². The van der Waals surface area contributed by atoms with Crippen molar-refractivity contribution in [3.8, 4) is 12.1 Å². The fraction of sp³-hybridized carbons (Fsp3) is 0.500. The Kier molecular flexibility index (Phi) is 7.30. The molecule has 0 radical (unpaired) electrons. The van der Waals surface area contributed by atoms with Gasteiger partial charge in [-0.05, 0) is 44.3 Å². The van der Waals surface area contributed by atoms with E-state index in [-0.39, 0.29) is 18.0 Å². The monoisotopic (exact) mass is 566 g/mol. The summed E-state index contributed by atoms with van der Waals surface area (Å²) in [5.74, 6) is 1.00. The quantitative estimate of drug-likeness (QED) is 0.432. The van der Waals surface area contributed by atoms with Crippen LogP contribution in [0.2, 0.25) is 0 Å². The van der Waals surface area contributed by atoms with E-state index >= 15 is 0 Å². The van der Waals surface area contributed by atoms with Gasteiger partial charge in [0.25, 0.3) is 0 Å². The number of nitriles is 1. The van der Waals surface area contributed by atoms with Crippen LogP contribution in [0, 0.1) is 11.3 Å². The van der Waals surface area contributed by atoms with Crippen LogP contribution in [0.3, 0.4) is 0 Å². The van der Waals surface area contributed by atoms with Crippen LogP contribution in [0.25, 0.3) is 10.8 Å². The molecule has 2 aromatic carbocycles. The van der Waals surface area contributed by atoms with E-state index < -0.39 is 0 Å². The first-order chi connectivity index (χ1) is 20.6. The van der Waals surface area contributed by atoms with Crippen LogP contribution in [0.1, 0.15) is 30.5 Å². The van der Waals surface area contributed by atoms with E-state index in [9.17, 15) is 10.1 Å². The van der Waals surface area contributed by atoms with Gasteiger partial charge in [0, 0.05) is 55.4 Å². The van der Waals surface area contributed by atoms with Gasteiger partial charge in [-0.1, -0.05) is 36.4 Å². The molecule has 4 aliphatic rings. The second-order valence-corrected chi connectivity index (χ2v) is 12.0. The van der Waals surface area contributed by atoms with Gasteiger partial charge in [-0.3, -0.25) is 4.79 Å². The van der Waals surface area contributed by atoms with Gasteiger partial charge in [-0.25, -0.2) is 0 Å². The Labute approximate surface area is 246 Å². The standard InChI is InChI=1S/C32H38N8O2/c1-37-14-5-8-24(37)21-42-32-35-28-20-38(29-10-4-7-22-6-2-3-9-25(22)29)15-12-26(28)30(36-32)39-16-17-40(23(19-39)11-13-33)31(41)27-18-34-27/h2-4,6-7,9-10,23-24,27,34H,5,8,11-12,14-21H2,1H3/t23-,24-,27+/m0/s1. The highest BCUT2D eigenvalue weighted by molar-refractivity contribution is 5.94. The molecule has 1 aromatic heterocycles. The summed E-state index contributed by atoms with van der Waals surface area (Å²) in [6.07, 6.45) is 3.41. The Balaban J connectivity index is 1.20. The van der Waals surface area contributed by atoms with Crippen molar-refractivity contribution in [1.29, 1.82) is 5.26 Å². The van der Waals surface area contributed by atoms with Crippen LogP contribution >= 0.6 is 0 Å². The number of fused-ring (bicyclic) bond motifs is 2. The number of piperazine rings is 1. The highest BCUT2D eigenvalue weighted by Crippen LogP contribution is 2.35. The van der Waals surface area contributed by atoms with E-state index in [0.717, 1.165) is 49.6 Å². The second kappa shape index (κ2) is 11.4. The molecule has 4 aliphatic heterocycles. The Morgan fingerprint density at radius 1 is 1.07 bits per heavy atom. The van der Waals surface area contributed by atoms with Gasteiger partial charge < -0.3 is 29.7 Å². The van der Waals surface area contributed by atoms with Crippen molar-refractivity contribution in [3.05, 3.63) is 53.7 Å². The number of aromatic nitrogens is 2. The lowest BCUT2D eigenvalue weighted by Crippen LogP contribution is -2.57. The zero-order chi connectivity index (χ0) is 28.6. The number of anilines is 2. The van der Waals surface area contributed by atoms with Crippen molar-refractivity contribution < 1.29 is 9.53 Å². The number of likely N-dealkylation sites (tertiary alicyclic amines) is 1. The molecule has 10 nitrogen and oxygen atoms in total. The number of nitrogens with one attached hydrogen (secondary N) is 1. The van der Waals surface area contributed by atoms with E-state index in [1.165, 1.54) is 22.9 Å². The molecule has 5 heterocycles. The molecule has 1 amide bonds. The van der Waals surface area contributed by atoms with Crippen molar-refractivity contribution >= 4 is 28.2 Å². The van der Waals surface area contributed by atoms with Crippen LogP contribution in [0.5, 0.6) is 6.01 Å². The van der Waals surface area contributed by atoms with E-state index in [0.29, 0.717) is 51.3 Å². The van der Waals surface area contributed by atoms with Gasteiger partial charge in [0.05, 0.1) is 36.8 Å². The van der Waals surface area contributed by atoms with E-state index in [1.54, 1.807) is 0 Å². The molecular formula is C32H38N8O2. The van der Waals surface area contributed by atoms with E-state index in [1.807, 2.05) is 4.90 Å². The SMILES string of the molecule is CN1CCC[C@H]1COc1nc2c(c(N3CCN(C(=O)[C@H]4CN4)[C@@H](CC#N)C3)n1)CCN(c1cccc3ccccc13)C2. The zero-order valence-corrected chi connectivity index (χ0v) is 24.2. The molecule has 7 rings (SSSR count). The first kappa shape index (κ1) is 26.9. The fourth-order valence-corrected chi connectivity index (χ4v) is 6.82. The van der Waals surface area contributed by atoms with Crippen molar-refractivity contribution in [2.24, 2.45) is 0 Å². The van der Waals surface area contributed by atoms with Crippen molar-refractivity contribution in [2.45, 2.75) is 50.4 Å². The maximum atomic E-state index is 13.0. The maximum absolute atomic E-state index is 13.0. The van der Waals surface area contributed by atoms with Crippen LogP contribution in [0.4, 0.5) is 11.5 Å². The third-order valence-electron chi connectivity index (χ3n) is 9.31. The number of likely N-dealkylation sites (N-methyl/N-ethyl adjacent to an activating group) is 1. The van der Waals surface area contributed by atoms with Gasteiger partial charge in [-0.2, -0.15) is 15.2 Å². The molecule has 0 saturated carbocycles. The molecule has 3 atom stereocenters. The summed E-state index contributed by atoms with van der Waals surface area (Å²) >= 11 is 0. The highest BCUT2D eigenvalue weighted by Gasteiger charge is 2.39. The molecule has 1 N–H and O–H groups in total. The average Bonchev–Trinajstić information content (AvgIpc) is 3.80. The number of rotatable bonds is 7. The Morgan fingerprint density at radius 3 is 2.74 bits per heavy atom. The topological polar surface area (TPSA) is 111 Å². The molecule has 0 bridgehead atoms. The number of ether oxygens (including phenoxy) is 1. The van der Waals surface area contributed by atoms with Crippen LogP contribution in [-0.4, -0.2) is 96.7 Å². The van der Waals surface area contributed by atoms with Gasteiger partial charge >= 0.3 is 6.01 Å². The van der Waals surface area contributed by atoms with Crippen LogP contribution < -0.4 is 19.9 Å². The smallest absolute Gasteiger partial charge is 0.318 e. The molecule has 3 saturated heterocycles. The Hall–Kier alpha value is -3.94. The largest absolute Gasteiger partial charge is 0.462 e. The van der Waals surface area contributed by atoms with Gasteiger partial charge in [0.15, 0.2) is 0 Å². The minimum Gasteiger partial charge on any atom is -0.462 e. The summed E-state index contributed by atoms with van der Waals surface area (Å²) in [5.41, 5.74) is 3.35.